The number of esters is 1. The third kappa shape index (κ3) is 5.51. The van der Waals surface area contributed by atoms with E-state index in [0.717, 1.165) is 17.1 Å². The maximum absolute atomic E-state index is 11.4. The summed E-state index contributed by atoms with van der Waals surface area (Å²) >= 11 is 2.73. The van der Waals surface area contributed by atoms with Gasteiger partial charge in [0.05, 0.1) is 6.61 Å². The highest BCUT2D eigenvalue weighted by atomic mass is 32.2. The highest BCUT2D eigenvalue weighted by Crippen LogP contribution is 2.19. The van der Waals surface area contributed by atoms with Gasteiger partial charge in [0.25, 0.3) is 0 Å². The lowest BCUT2D eigenvalue weighted by atomic mass is 10.3. The maximum atomic E-state index is 11.4. The van der Waals surface area contributed by atoms with E-state index in [9.17, 15) is 9.59 Å². The number of hydrogen-bond acceptors (Lipinski definition) is 5. The predicted octanol–water partition coefficient (Wildman–Crippen LogP) is 3.61. The lowest BCUT2D eigenvalue weighted by molar-refractivity contribution is -0.109. The van der Waals surface area contributed by atoms with Gasteiger partial charge < -0.3 is 4.74 Å². The van der Waals surface area contributed by atoms with Crippen LogP contribution in [0.5, 0.6) is 0 Å². The van der Waals surface area contributed by atoms with Crippen molar-refractivity contribution in [3.63, 3.8) is 0 Å². The minimum atomic E-state index is -0.269. The molecule has 0 saturated heterocycles. The molecule has 0 aromatic carbocycles. The van der Waals surface area contributed by atoms with E-state index in [1.165, 1.54) is 23.1 Å². The Bertz CT molecular complexity index is 435. The van der Waals surface area contributed by atoms with Crippen molar-refractivity contribution in [3.05, 3.63) is 28.0 Å². The van der Waals surface area contributed by atoms with Crippen LogP contribution in [0.25, 0.3) is 6.08 Å². The number of thioether (sulfide) groups is 1. The van der Waals surface area contributed by atoms with E-state index in [2.05, 4.69) is 0 Å². The molecule has 1 aromatic rings. The molecule has 0 radical (unpaired) electrons. The Morgan fingerprint density at radius 3 is 2.89 bits per heavy atom. The molecule has 5 heteroatoms. The van der Waals surface area contributed by atoms with Crippen LogP contribution in [-0.4, -0.2) is 23.4 Å². The second-order valence-corrected chi connectivity index (χ2v) is 5.84. The molecule has 0 bridgehead atoms. The largest absolute Gasteiger partial charge is 0.462 e. The average Bonchev–Trinajstić information content (AvgIpc) is 2.77. The summed E-state index contributed by atoms with van der Waals surface area (Å²) in [4.78, 5) is 23.8. The van der Waals surface area contributed by atoms with Gasteiger partial charge in [-0.1, -0.05) is 17.8 Å². The summed E-state index contributed by atoms with van der Waals surface area (Å²) < 4.78 is 4.92. The number of thiophene rings is 1. The van der Waals surface area contributed by atoms with Crippen molar-refractivity contribution in [1.29, 1.82) is 0 Å². The molecule has 0 aliphatic carbocycles. The Balaban J connectivity index is 2.41. The van der Waals surface area contributed by atoms with Crippen molar-refractivity contribution in [2.24, 2.45) is 0 Å². The van der Waals surface area contributed by atoms with Gasteiger partial charge in [-0.15, -0.1) is 11.3 Å². The third-order valence-electron chi connectivity index (χ3n) is 1.98. The van der Waals surface area contributed by atoms with Gasteiger partial charge in [-0.2, -0.15) is 0 Å². The zero-order chi connectivity index (χ0) is 13.4. The van der Waals surface area contributed by atoms with E-state index in [1.54, 1.807) is 19.9 Å². The second-order valence-electron chi connectivity index (χ2n) is 3.45. The first-order chi connectivity index (χ1) is 8.63. The van der Waals surface area contributed by atoms with Crippen LogP contribution in [0.2, 0.25) is 0 Å². The van der Waals surface area contributed by atoms with Crippen LogP contribution in [0, 0.1) is 0 Å². The molecule has 3 nitrogen and oxygen atoms in total. The standard InChI is InChI=1S/C13H16O3S2/c1-3-16-13(15)12-8-7-11(18-12)6-4-5-9-17-10(2)14/h4,6-8H,3,5,9H2,1-2H3. The monoisotopic (exact) mass is 284 g/mol. The summed E-state index contributed by atoms with van der Waals surface area (Å²) in [7, 11) is 0. The first-order valence-electron chi connectivity index (χ1n) is 5.70. The normalized spacial score (nSPS) is 10.8. The first kappa shape index (κ1) is 15.0. The molecule has 0 aliphatic heterocycles. The fourth-order valence-corrected chi connectivity index (χ4v) is 2.60. The molecule has 0 saturated carbocycles. The molecular formula is C13H16O3S2. The SMILES string of the molecule is CCOC(=O)c1ccc(C=CCCSC(C)=O)s1. The second kappa shape index (κ2) is 8.11. The van der Waals surface area contributed by atoms with Crippen LogP contribution >= 0.6 is 23.1 Å². The Labute approximate surface area is 115 Å². The van der Waals surface area contributed by atoms with Crippen molar-refractivity contribution < 1.29 is 14.3 Å². The molecule has 0 unspecified atom stereocenters. The fourth-order valence-electron chi connectivity index (χ4n) is 1.22. The molecule has 0 fully saturated rings. The number of rotatable bonds is 6. The summed E-state index contributed by atoms with van der Waals surface area (Å²) in [5.41, 5.74) is 0. The quantitative estimate of drug-likeness (QED) is 0.591. The van der Waals surface area contributed by atoms with Gasteiger partial charge in [-0.3, -0.25) is 4.79 Å². The predicted molar refractivity (Wildman–Crippen MR) is 77.1 cm³/mol. The summed E-state index contributed by atoms with van der Waals surface area (Å²) in [6.07, 6.45) is 4.82. The van der Waals surface area contributed by atoms with Gasteiger partial charge in [0.15, 0.2) is 5.12 Å². The topological polar surface area (TPSA) is 43.4 Å². The van der Waals surface area contributed by atoms with E-state index in [-0.39, 0.29) is 11.1 Å². The van der Waals surface area contributed by atoms with Crippen molar-refractivity contribution in [3.8, 4) is 0 Å². The summed E-state index contributed by atoms with van der Waals surface area (Å²) in [6.45, 7) is 3.75. The summed E-state index contributed by atoms with van der Waals surface area (Å²) in [5, 5.41) is 0.143. The number of carbonyl (C=O) groups is 2. The first-order valence-corrected chi connectivity index (χ1v) is 7.50. The molecule has 1 aromatic heterocycles. The van der Waals surface area contributed by atoms with Crippen LogP contribution < -0.4 is 0 Å². The molecule has 0 N–H and O–H groups in total. The molecule has 0 atom stereocenters. The van der Waals surface area contributed by atoms with Crippen LogP contribution in [0.3, 0.4) is 0 Å². The zero-order valence-electron chi connectivity index (χ0n) is 10.5. The minimum Gasteiger partial charge on any atom is -0.462 e. The van der Waals surface area contributed by atoms with E-state index >= 15 is 0 Å². The molecule has 98 valence electrons. The summed E-state index contributed by atoms with van der Waals surface area (Å²) in [6, 6.07) is 3.66. The van der Waals surface area contributed by atoms with Gasteiger partial charge in [0.1, 0.15) is 4.88 Å². The van der Waals surface area contributed by atoms with Gasteiger partial charge in [0.2, 0.25) is 0 Å². The third-order valence-corrected chi connectivity index (χ3v) is 3.85. The Hall–Kier alpha value is -1.07. The molecule has 18 heavy (non-hydrogen) atoms. The van der Waals surface area contributed by atoms with Crippen LogP contribution in [0.15, 0.2) is 18.2 Å². The van der Waals surface area contributed by atoms with Gasteiger partial charge in [-0.05, 0) is 31.6 Å². The van der Waals surface area contributed by atoms with Crippen molar-refractivity contribution in [1.82, 2.24) is 0 Å². The number of ether oxygens (including phenoxy) is 1. The summed E-state index contributed by atoms with van der Waals surface area (Å²) in [5.74, 6) is 0.524. The highest BCUT2D eigenvalue weighted by molar-refractivity contribution is 8.13. The van der Waals surface area contributed by atoms with Gasteiger partial charge >= 0.3 is 5.97 Å². The Morgan fingerprint density at radius 1 is 1.44 bits per heavy atom. The van der Waals surface area contributed by atoms with E-state index < -0.39 is 0 Å². The molecule has 0 aliphatic rings. The van der Waals surface area contributed by atoms with Crippen LogP contribution in [0.4, 0.5) is 0 Å². The molecule has 0 amide bonds. The van der Waals surface area contributed by atoms with Crippen LogP contribution in [-0.2, 0) is 9.53 Å². The lowest BCUT2D eigenvalue weighted by Gasteiger charge is -1.96. The highest BCUT2D eigenvalue weighted by Gasteiger charge is 2.08. The number of allylic oxidation sites excluding steroid dienone is 1. The Kier molecular flexibility index (Phi) is 6.75. The molecule has 1 rings (SSSR count). The maximum Gasteiger partial charge on any atom is 0.348 e. The van der Waals surface area contributed by atoms with Crippen molar-refractivity contribution in [2.75, 3.05) is 12.4 Å². The number of carbonyl (C=O) groups excluding carboxylic acids is 2. The average molecular weight is 284 g/mol. The minimum absolute atomic E-state index is 0.143. The fraction of sp³-hybridized carbons (Fsp3) is 0.385. The zero-order valence-corrected chi connectivity index (χ0v) is 12.1. The van der Waals surface area contributed by atoms with Crippen molar-refractivity contribution in [2.45, 2.75) is 20.3 Å². The smallest absolute Gasteiger partial charge is 0.348 e. The molecule has 1 heterocycles. The van der Waals surface area contributed by atoms with E-state index in [4.69, 9.17) is 4.74 Å². The van der Waals surface area contributed by atoms with Gasteiger partial charge in [-0.25, -0.2) is 4.79 Å². The molecule has 0 spiro atoms. The van der Waals surface area contributed by atoms with E-state index in [0.29, 0.717) is 11.5 Å². The lowest BCUT2D eigenvalue weighted by Crippen LogP contribution is -2.01. The van der Waals surface area contributed by atoms with Crippen molar-refractivity contribution >= 4 is 40.3 Å². The number of hydrogen-bond donors (Lipinski definition) is 0. The molecular weight excluding hydrogens is 268 g/mol. The Morgan fingerprint density at radius 2 is 2.22 bits per heavy atom. The van der Waals surface area contributed by atoms with E-state index in [1.807, 2.05) is 18.2 Å². The van der Waals surface area contributed by atoms with Crippen LogP contribution in [0.1, 0.15) is 34.8 Å². The van der Waals surface area contributed by atoms with Gasteiger partial charge in [0, 0.05) is 17.6 Å².